The fraction of sp³-hybridized carbons (Fsp3) is 0.804. The van der Waals surface area contributed by atoms with Crippen LogP contribution in [0.2, 0.25) is 0 Å². The van der Waals surface area contributed by atoms with E-state index in [0.29, 0.717) is 17.4 Å². The van der Waals surface area contributed by atoms with E-state index in [-0.39, 0.29) is 12.5 Å². The van der Waals surface area contributed by atoms with Crippen LogP contribution in [0.15, 0.2) is 60.8 Å². The molecule has 0 bridgehead atoms. The molecule has 0 rings (SSSR count). The highest BCUT2D eigenvalue weighted by atomic mass is 31.2. The number of nitrogens with zero attached hydrogens (tertiary/aromatic N) is 1. The van der Waals surface area contributed by atoms with Crippen LogP contribution in [0.4, 0.5) is 0 Å². The minimum atomic E-state index is -4.61. The lowest BCUT2D eigenvalue weighted by Crippen LogP contribution is -2.45. The predicted octanol–water partition coefficient (Wildman–Crippen LogP) is 15.5. The Hall–Kier alpha value is -1.80. The van der Waals surface area contributed by atoms with Gasteiger partial charge in [0.2, 0.25) is 5.91 Å². The molecular weight excluding hydrogens is 828 g/mol. The van der Waals surface area contributed by atoms with Gasteiger partial charge in [0.05, 0.1) is 39.9 Å². The largest absolute Gasteiger partial charge is 0.756 e. The highest BCUT2D eigenvalue weighted by Gasteiger charge is 2.23. The van der Waals surface area contributed by atoms with Gasteiger partial charge in [-0.1, -0.05) is 216 Å². The lowest BCUT2D eigenvalue weighted by molar-refractivity contribution is -0.870. The van der Waals surface area contributed by atoms with Gasteiger partial charge >= 0.3 is 0 Å². The lowest BCUT2D eigenvalue weighted by Gasteiger charge is -2.29. The summed E-state index contributed by atoms with van der Waals surface area (Å²) in [5, 5.41) is 13.8. The van der Waals surface area contributed by atoms with Crippen LogP contribution in [-0.2, 0) is 18.4 Å². The molecular formula is C56H105N2O6P. The molecule has 0 heterocycles. The standard InChI is InChI=1S/C56H105N2O6P/c1-6-8-10-12-14-16-18-20-22-24-25-26-27-28-29-30-31-32-33-34-36-38-40-42-44-46-48-50-56(60)57-54(53-64-65(61,62)63-52-51-58(3,4)5)55(59)49-47-45-43-41-39-37-35-23-21-19-17-15-13-11-9-7-2/h18,20-21,23-25,39,41,47,49,54-55,59H,6-17,19,22,26-38,40,42-46,48,50-53H2,1-5H3,(H-,57,60,61,62)/b20-18-,23-21+,25-24-,41-39+,49-47+. The Morgan fingerprint density at radius 1 is 0.538 bits per heavy atom. The van der Waals surface area contributed by atoms with Crippen molar-refractivity contribution in [2.24, 2.45) is 0 Å². The molecule has 0 aliphatic rings. The molecule has 0 saturated carbocycles. The molecule has 0 aromatic carbocycles. The molecule has 3 unspecified atom stereocenters. The molecule has 380 valence electrons. The van der Waals surface area contributed by atoms with E-state index >= 15 is 0 Å². The molecule has 0 saturated heterocycles. The Kier molecular flexibility index (Phi) is 46.0. The van der Waals surface area contributed by atoms with Crippen molar-refractivity contribution < 1.29 is 32.9 Å². The number of hydrogen-bond acceptors (Lipinski definition) is 6. The summed E-state index contributed by atoms with van der Waals surface area (Å²) in [6.45, 7) is 4.61. The number of quaternary nitrogens is 1. The molecule has 1 amide bonds. The van der Waals surface area contributed by atoms with Crippen LogP contribution in [0.1, 0.15) is 239 Å². The normalized spacial score (nSPS) is 14.5. The summed E-state index contributed by atoms with van der Waals surface area (Å²) in [5.41, 5.74) is 0. The first kappa shape index (κ1) is 63.2. The fourth-order valence-corrected chi connectivity index (χ4v) is 8.35. The minimum Gasteiger partial charge on any atom is -0.756 e. The number of aliphatic hydroxyl groups is 1. The monoisotopic (exact) mass is 933 g/mol. The first-order valence-corrected chi connectivity index (χ1v) is 28.6. The first-order chi connectivity index (χ1) is 31.5. The van der Waals surface area contributed by atoms with Gasteiger partial charge in [0.25, 0.3) is 7.82 Å². The smallest absolute Gasteiger partial charge is 0.268 e. The van der Waals surface area contributed by atoms with E-state index in [4.69, 9.17) is 9.05 Å². The van der Waals surface area contributed by atoms with E-state index in [1.54, 1.807) is 6.08 Å². The molecule has 0 aliphatic carbocycles. The average Bonchev–Trinajstić information content (AvgIpc) is 3.26. The molecule has 0 radical (unpaired) electrons. The van der Waals surface area contributed by atoms with Crippen molar-refractivity contribution in [3.8, 4) is 0 Å². The van der Waals surface area contributed by atoms with Gasteiger partial charge in [-0.2, -0.15) is 0 Å². The SMILES string of the molecule is CCCCCCC/C=C\C/C=C\CCCCCCCCCCCCCCCCCC(=O)NC(COP(=O)([O-])OCC[N+](C)(C)C)C(O)/C=C/CC/C=C/CC/C=C/CCCCCCCC. The van der Waals surface area contributed by atoms with Crippen molar-refractivity contribution in [2.75, 3.05) is 40.9 Å². The second-order valence-corrected chi connectivity index (χ2v) is 21.0. The van der Waals surface area contributed by atoms with Gasteiger partial charge in [0.15, 0.2) is 0 Å². The van der Waals surface area contributed by atoms with Crippen LogP contribution in [0, 0.1) is 0 Å². The summed E-state index contributed by atoms with van der Waals surface area (Å²) in [7, 11) is 1.23. The van der Waals surface area contributed by atoms with Crippen LogP contribution in [0.3, 0.4) is 0 Å². The Balaban J connectivity index is 4.23. The Morgan fingerprint density at radius 3 is 1.34 bits per heavy atom. The summed E-state index contributed by atoms with van der Waals surface area (Å²) in [6, 6.07) is -0.911. The quantitative estimate of drug-likeness (QED) is 0.0272. The van der Waals surface area contributed by atoms with E-state index in [0.717, 1.165) is 51.4 Å². The number of phosphoric acid groups is 1. The van der Waals surface area contributed by atoms with Crippen molar-refractivity contribution in [1.29, 1.82) is 0 Å². The molecule has 65 heavy (non-hydrogen) atoms. The van der Waals surface area contributed by atoms with E-state index in [2.05, 4.69) is 67.8 Å². The van der Waals surface area contributed by atoms with Gasteiger partial charge in [-0.15, -0.1) is 0 Å². The maximum atomic E-state index is 12.9. The number of aliphatic hydroxyl groups excluding tert-OH is 1. The second-order valence-electron chi connectivity index (χ2n) is 19.6. The number of unbranched alkanes of at least 4 members (excludes halogenated alkanes) is 28. The van der Waals surface area contributed by atoms with Crippen molar-refractivity contribution in [3.05, 3.63) is 60.8 Å². The molecule has 0 aromatic rings. The molecule has 0 aliphatic heterocycles. The van der Waals surface area contributed by atoms with E-state index in [9.17, 15) is 19.4 Å². The lowest BCUT2D eigenvalue weighted by atomic mass is 10.0. The molecule has 0 fully saturated rings. The van der Waals surface area contributed by atoms with Crippen molar-refractivity contribution in [3.63, 3.8) is 0 Å². The van der Waals surface area contributed by atoms with Crippen LogP contribution in [0.5, 0.6) is 0 Å². The number of carbonyl (C=O) groups excluding carboxylic acids is 1. The third-order valence-corrected chi connectivity index (χ3v) is 12.9. The summed E-state index contributed by atoms with van der Waals surface area (Å²) < 4.78 is 23.3. The summed E-state index contributed by atoms with van der Waals surface area (Å²) in [5.74, 6) is -0.212. The van der Waals surface area contributed by atoms with E-state index in [1.165, 1.54) is 167 Å². The molecule has 2 N–H and O–H groups in total. The number of nitrogens with one attached hydrogen (secondary N) is 1. The van der Waals surface area contributed by atoms with Gasteiger partial charge in [0.1, 0.15) is 13.2 Å². The van der Waals surface area contributed by atoms with Crippen LogP contribution >= 0.6 is 7.82 Å². The van der Waals surface area contributed by atoms with E-state index in [1.807, 2.05) is 27.2 Å². The van der Waals surface area contributed by atoms with Gasteiger partial charge in [0, 0.05) is 6.42 Å². The summed E-state index contributed by atoms with van der Waals surface area (Å²) in [6.07, 6.45) is 62.9. The number of phosphoric ester groups is 1. The Bertz CT molecular complexity index is 1240. The fourth-order valence-electron chi connectivity index (χ4n) is 7.63. The number of allylic oxidation sites excluding steroid dienone is 9. The first-order valence-electron chi connectivity index (χ1n) is 27.2. The second kappa shape index (κ2) is 47.3. The van der Waals surface area contributed by atoms with Crippen LogP contribution < -0.4 is 10.2 Å². The minimum absolute atomic E-state index is 0.0101. The number of carbonyl (C=O) groups is 1. The number of rotatable bonds is 49. The number of amides is 1. The van der Waals surface area contributed by atoms with Crippen molar-refractivity contribution >= 4 is 13.7 Å². The zero-order chi connectivity index (χ0) is 47.8. The highest BCUT2D eigenvalue weighted by Crippen LogP contribution is 2.38. The zero-order valence-corrected chi connectivity index (χ0v) is 44.1. The Labute approximate surface area is 402 Å². The number of hydrogen-bond donors (Lipinski definition) is 2. The van der Waals surface area contributed by atoms with Gasteiger partial charge in [-0.05, 0) is 77.0 Å². The molecule has 0 spiro atoms. The third-order valence-electron chi connectivity index (χ3n) is 11.9. The highest BCUT2D eigenvalue weighted by molar-refractivity contribution is 7.45. The topological polar surface area (TPSA) is 108 Å². The van der Waals surface area contributed by atoms with Crippen LogP contribution in [-0.4, -0.2) is 68.5 Å². The maximum absolute atomic E-state index is 12.9. The summed E-state index contributed by atoms with van der Waals surface area (Å²) >= 11 is 0. The molecule has 0 aromatic heterocycles. The van der Waals surface area contributed by atoms with Crippen molar-refractivity contribution in [2.45, 2.75) is 251 Å². The average molecular weight is 933 g/mol. The van der Waals surface area contributed by atoms with Crippen molar-refractivity contribution in [1.82, 2.24) is 5.32 Å². The Morgan fingerprint density at radius 2 is 0.908 bits per heavy atom. The zero-order valence-electron chi connectivity index (χ0n) is 43.2. The van der Waals surface area contributed by atoms with Crippen LogP contribution in [0.25, 0.3) is 0 Å². The molecule has 8 nitrogen and oxygen atoms in total. The molecule has 3 atom stereocenters. The van der Waals surface area contributed by atoms with Gasteiger partial charge in [-0.25, -0.2) is 0 Å². The predicted molar refractivity (Wildman–Crippen MR) is 279 cm³/mol. The maximum Gasteiger partial charge on any atom is 0.268 e. The molecule has 9 heteroatoms. The third kappa shape index (κ3) is 49.9. The number of likely N-dealkylation sites (N-methyl/N-ethyl adjacent to an activating group) is 1. The van der Waals surface area contributed by atoms with Gasteiger partial charge in [-0.3, -0.25) is 9.36 Å². The van der Waals surface area contributed by atoms with E-state index < -0.39 is 26.6 Å². The van der Waals surface area contributed by atoms with Gasteiger partial charge < -0.3 is 28.8 Å². The summed E-state index contributed by atoms with van der Waals surface area (Å²) in [4.78, 5) is 25.4.